The lowest BCUT2D eigenvalue weighted by atomic mass is 9.82. The number of nitrogen functional groups attached to an aromatic ring is 1. The largest absolute Gasteiger partial charge is 0.454 e. The molecule has 186 valence electrons. The van der Waals surface area contributed by atoms with Crippen molar-refractivity contribution in [1.29, 1.82) is 0 Å². The number of hydrogen-bond acceptors (Lipinski definition) is 7. The van der Waals surface area contributed by atoms with Crippen LogP contribution in [-0.4, -0.2) is 36.5 Å². The number of Topliss-reactive ketones (excluding diaryl/α,β-unsaturated/α-hetero) is 1. The topological polar surface area (TPSA) is 152 Å². The molecule has 0 spiro atoms. The Labute approximate surface area is 207 Å². The van der Waals surface area contributed by atoms with Crippen LogP contribution in [-0.2, 0) is 21.2 Å². The van der Waals surface area contributed by atoms with E-state index in [1.165, 1.54) is 13.1 Å². The third-order valence-corrected chi connectivity index (χ3v) is 8.99. The summed E-state index contributed by atoms with van der Waals surface area (Å²) in [6.07, 6.45) is 3.31. The van der Waals surface area contributed by atoms with Crippen molar-refractivity contribution in [1.82, 2.24) is 10.3 Å². The maximum absolute atomic E-state index is 14.0. The number of anilines is 1. The number of sulfone groups is 1. The van der Waals surface area contributed by atoms with Crippen molar-refractivity contribution in [2.45, 2.75) is 42.4 Å². The first-order valence-corrected chi connectivity index (χ1v) is 13.5. The highest BCUT2D eigenvalue weighted by molar-refractivity contribution is 7.90. The zero-order chi connectivity index (χ0) is 25.8. The number of ether oxygens (including phenoxy) is 1. The third-order valence-electron chi connectivity index (χ3n) is 7.76. The van der Waals surface area contributed by atoms with E-state index in [2.05, 4.69) is 17.2 Å². The highest BCUT2D eigenvalue weighted by Crippen LogP contribution is 2.60. The summed E-state index contributed by atoms with van der Waals surface area (Å²) in [5, 5.41) is 14.8. The molecule has 2 heterocycles. The van der Waals surface area contributed by atoms with Crippen LogP contribution in [0, 0.1) is 12.8 Å². The van der Waals surface area contributed by atoms with Crippen LogP contribution >= 0.6 is 0 Å². The van der Waals surface area contributed by atoms with Gasteiger partial charge in [-0.05, 0) is 48.4 Å². The molecular formula is C26H25N3O6S. The van der Waals surface area contributed by atoms with Crippen LogP contribution in [0.2, 0.25) is 0 Å². The van der Waals surface area contributed by atoms with E-state index in [4.69, 9.17) is 10.5 Å². The van der Waals surface area contributed by atoms with Crippen molar-refractivity contribution in [3.63, 3.8) is 0 Å². The molecule has 1 amide bonds. The molecule has 2 aromatic carbocycles. The number of nitrogens with one attached hydrogen (secondary N) is 2. The summed E-state index contributed by atoms with van der Waals surface area (Å²) in [6, 6.07) is 10.1. The number of aromatic amines is 1. The average molecular weight is 508 g/mol. The van der Waals surface area contributed by atoms with Gasteiger partial charge in [-0.1, -0.05) is 31.2 Å². The van der Waals surface area contributed by atoms with Gasteiger partial charge >= 0.3 is 0 Å². The van der Waals surface area contributed by atoms with Crippen LogP contribution in [0.25, 0.3) is 0 Å². The van der Waals surface area contributed by atoms with Gasteiger partial charge in [0, 0.05) is 29.3 Å². The maximum atomic E-state index is 14.0. The van der Waals surface area contributed by atoms with E-state index in [0.717, 1.165) is 18.2 Å². The summed E-state index contributed by atoms with van der Waals surface area (Å²) in [4.78, 5) is 30.3. The van der Waals surface area contributed by atoms with Crippen molar-refractivity contribution >= 4 is 27.2 Å². The predicted octanol–water partition coefficient (Wildman–Crippen LogP) is 2.49. The predicted molar refractivity (Wildman–Crippen MR) is 130 cm³/mol. The first kappa shape index (κ1) is 22.8. The molecule has 10 heteroatoms. The normalized spacial score (nSPS) is 27.7. The second-order valence-corrected chi connectivity index (χ2v) is 12.0. The Morgan fingerprint density at radius 1 is 1.25 bits per heavy atom. The van der Waals surface area contributed by atoms with Crippen molar-refractivity contribution in [2.75, 3.05) is 12.0 Å². The Bertz CT molecular complexity index is 1610. The minimum atomic E-state index is -3.59. The third kappa shape index (κ3) is 2.76. The molecule has 1 aliphatic heterocycles. The SMILES string of the molecule is Cc1c(S(C)(=O)=O)c[nH]c1C(=O)N[C@]12C(=O)c3c(N)cccc3[C@@]1(O)Oc1cc(C3C[C@H]3C)ccc12. The lowest BCUT2D eigenvalue weighted by molar-refractivity contribution is -0.169. The van der Waals surface area contributed by atoms with Gasteiger partial charge in [0.05, 0.1) is 10.5 Å². The Morgan fingerprint density at radius 2 is 1.97 bits per heavy atom. The minimum Gasteiger partial charge on any atom is -0.454 e. The van der Waals surface area contributed by atoms with Crippen LogP contribution in [0.3, 0.4) is 0 Å². The molecule has 1 aromatic heterocycles. The molecule has 3 aliphatic rings. The number of H-pyrrole nitrogens is 1. The van der Waals surface area contributed by atoms with Crippen molar-refractivity contribution in [3.05, 3.63) is 76.1 Å². The van der Waals surface area contributed by atoms with E-state index in [-0.39, 0.29) is 33.0 Å². The molecule has 1 fully saturated rings. The quantitative estimate of drug-likeness (QED) is 0.396. The summed E-state index contributed by atoms with van der Waals surface area (Å²) in [6.45, 7) is 3.64. The molecule has 0 radical (unpaired) electrons. The maximum Gasteiger partial charge on any atom is 0.271 e. The molecule has 6 rings (SSSR count). The molecule has 9 nitrogen and oxygen atoms in total. The summed E-state index contributed by atoms with van der Waals surface area (Å²) < 4.78 is 30.3. The van der Waals surface area contributed by atoms with Crippen LogP contribution < -0.4 is 15.8 Å². The average Bonchev–Trinajstić information content (AvgIpc) is 3.23. The zero-order valence-corrected chi connectivity index (χ0v) is 20.7. The van der Waals surface area contributed by atoms with Gasteiger partial charge in [-0.15, -0.1) is 0 Å². The van der Waals surface area contributed by atoms with E-state index >= 15 is 0 Å². The Hall–Kier alpha value is -3.63. The molecule has 0 bridgehead atoms. The number of nitrogens with two attached hydrogens (primary N) is 1. The lowest BCUT2D eigenvalue weighted by Gasteiger charge is -2.34. The molecule has 1 unspecified atom stereocenters. The molecule has 36 heavy (non-hydrogen) atoms. The number of hydrogen-bond donors (Lipinski definition) is 4. The molecule has 5 N–H and O–H groups in total. The van der Waals surface area contributed by atoms with Gasteiger partial charge in [0.15, 0.2) is 9.84 Å². The number of rotatable bonds is 4. The fourth-order valence-electron chi connectivity index (χ4n) is 5.74. The van der Waals surface area contributed by atoms with Gasteiger partial charge < -0.3 is 25.9 Å². The van der Waals surface area contributed by atoms with Crippen LogP contribution in [0.15, 0.2) is 47.5 Å². The van der Waals surface area contributed by atoms with E-state index in [9.17, 15) is 23.1 Å². The van der Waals surface area contributed by atoms with Crippen LogP contribution in [0.1, 0.15) is 62.4 Å². The van der Waals surface area contributed by atoms with E-state index < -0.39 is 32.9 Å². The molecular weight excluding hydrogens is 482 g/mol. The van der Waals surface area contributed by atoms with Gasteiger partial charge in [0.25, 0.3) is 11.7 Å². The second-order valence-electron chi connectivity index (χ2n) is 10.0. The fraction of sp³-hybridized carbons (Fsp3) is 0.308. The van der Waals surface area contributed by atoms with Crippen LogP contribution in [0.4, 0.5) is 5.69 Å². The smallest absolute Gasteiger partial charge is 0.271 e. The number of carbonyl (C=O) groups is 2. The first-order chi connectivity index (χ1) is 16.9. The number of amides is 1. The van der Waals surface area contributed by atoms with Gasteiger partial charge in [-0.25, -0.2) is 8.42 Å². The number of aliphatic hydroxyl groups is 1. The number of fused-ring (bicyclic) bond motifs is 5. The van der Waals surface area contributed by atoms with Gasteiger partial charge in [0.2, 0.25) is 11.3 Å². The summed E-state index contributed by atoms with van der Waals surface area (Å²) in [7, 11) is -3.59. The zero-order valence-electron chi connectivity index (χ0n) is 19.9. The van der Waals surface area contributed by atoms with Gasteiger partial charge in [0.1, 0.15) is 11.4 Å². The van der Waals surface area contributed by atoms with Crippen molar-refractivity contribution in [2.24, 2.45) is 5.92 Å². The first-order valence-electron chi connectivity index (χ1n) is 11.6. The molecule has 3 aromatic rings. The van der Waals surface area contributed by atoms with E-state index in [0.29, 0.717) is 23.1 Å². The highest BCUT2D eigenvalue weighted by Gasteiger charge is 2.72. The number of ketones is 1. The highest BCUT2D eigenvalue weighted by atomic mass is 32.2. The number of benzene rings is 2. The van der Waals surface area contributed by atoms with E-state index in [1.54, 1.807) is 24.3 Å². The van der Waals surface area contributed by atoms with Crippen LogP contribution in [0.5, 0.6) is 5.75 Å². The van der Waals surface area contributed by atoms with Gasteiger partial charge in [-0.2, -0.15) is 0 Å². The monoisotopic (exact) mass is 507 g/mol. The van der Waals surface area contributed by atoms with Crippen molar-refractivity contribution < 1.29 is 27.9 Å². The molecule has 0 saturated heterocycles. The molecule has 4 atom stereocenters. The number of carbonyl (C=O) groups excluding carboxylic acids is 2. The fourth-order valence-corrected chi connectivity index (χ4v) is 6.67. The Balaban J connectivity index is 1.52. The standard InChI is InChI=1S/C26H25N3O6S/c1-12-9-15(12)14-7-8-16-19(10-14)35-26(32)17-5-4-6-18(27)21(17)23(30)25(16,26)29-24(31)22-13(2)20(11-28-22)36(3,33)34/h4-8,10-12,15,28,32H,9,27H2,1-3H3,(H,29,31)/t12-,15?,25-,26-/m1/s1. The lowest BCUT2D eigenvalue weighted by Crippen LogP contribution is -2.60. The molecule has 1 saturated carbocycles. The summed E-state index contributed by atoms with van der Waals surface area (Å²) in [5.74, 6) is -2.42. The Kier molecular flexibility index (Phi) is 4.42. The van der Waals surface area contributed by atoms with Gasteiger partial charge in [-0.3, -0.25) is 9.59 Å². The Morgan fingerprint density at radius 3 is 2.61 bits per heavy atom. The van der Waals surface area contributed by atoms with E-state index in [1.807, 2.05) is 12.1 Å². The van der Waals surface area contributed by atoms with Crippen molar-refractivity contribution in [3.8, 4) is 5.75 Å². The minimum absolute atomic E-state index is 0.0306. The summed E-state index contributed by atoms with van der Waals surface area (Å²) in [5.41, 5.74) is 6.00. The summed E-state index contributed by atoms with van der Waals surface area (Å²) >= 11 is 0. The molecule has 2 aliphatic carbocycles. The number of aromatic nitrogens is 1. The second kappa shape index (κ2) is 6.98.